The van der Waals surface area contributed by atoms with Crippen LogP contribution in [0.3, 0.4) is 0 Å². The molecule has 0 aliphatic carbocycles. The van der Waals surface area contributed by atoms with E-state index >= 15 is 0 Å². The number of benzene rings is 6. The highest BCUT2D eigenvalue weighted by Gasteiger charge is 2.17. The van der Waals surface area contributed by atoms with Crippen LogP contribution in [-0.4, -0.2) is 18.2 Å². The highest BCUT2D eigenvalue weighted by Crippen LogP contribution is 2.41. The Labute approximate surface area is 230 Å². The molecule has 2 nitrogen and oxygen atoms in total. The van der Waals surface area contributed by atoms with Gasteiger partial charge in [0.05, 0.1) is 0 Å². The molecule has 0 heterocycles. The Kier molecular flexibility index (Phi) is 6.76. The van der Waals surface area contributed by atoms with E-state index < -0.39 is 0 Å². The molecule has 0 atom stereocenters. The quantitative estimate of drug-likeness (QED) is 0.171. The molecule has 0 fully saturated rings. The smallest absolute Gasteiger partial charge is 0.0433 e. The Bertz CT molecular complexity index is 1790. The summed E-state index contributed by atoms with van der Waals surface area (Å²) in [5, 5.41) is 13.1. The summed E-state index contributed by atoms with van der Waals surface area (Å²) in [6.07, 6.45) is 3.51. The third-order valence-electron chi connectivity index (χ3n) is 7.33. The molecule has 0 saturated carbocycles. The first kappa shape index (κ1) is 24.4. The van der Waals surface area contributed by atoms with Gasteiger partial charge in [-0.1, -0.05) is 127 Å². The first-order valence-electron chi connectivity index (χ1n) is 13.3. The van der Waals surface area contributed by atoms with Crippen LogP contribution in [0.1, 0.15) is 11.1 Å². The van der Waals surface area contributed by atoms with E-state index in [9.17, 15) is 0 Å². The molecular weight excluding hydrogens is 472 g/mol. The molecule has 1 N–H and O–H groups in total. The second kappa shape index (κ2) is 10.8. The monoisotopic (exact) mass is 502 g/mol. The molecule has 0 saturated heterocycles. The van der Waals surface area contributed by atoms with Crippen molar-refractivity contribution in [1.82, 2.24) is 4.90 Å². The SMILES string of the molecule is CN(/C=C(\C=N)c1ccccc1)Cc1c2ccccc2c(-c2ccccc2)c2cc(-c3ccccc3)ccc12. The fourth-order valence-electron chi connectivity index (χ4n) is 5.52. The number of nitrogens with zero attached hydrogens (tertiary/aromatic N) is 1. The van der Waals surface area contributed by atoms with Gasteiger partial charge in [-0.25, -0.2) is 0 Å². The molecule has 0 spiro atoms. The third kappa shape index (κ3) is 4.85. The molecule has 39 heavy (non-hydrogen) atoms. The van der Waals surface area contributed by atoms with Gasteiger partial charge in [-0.15, -0.1) is 0 Å². The molecular formula is C37H30N2. The van der Waals surface area contributed by atoms with Gasteiger partial charge < -0.3 is 10.3 Å². The van der Waals surface area contributed by atoms with Crippen LogP contribution in [0.4, 0.5) is 0 Å². The van der Waals surface area contributed by atoms with Crippen molar-refractivity contribution in [2.45, 2.75) is 6.54 Å². The topological polar surface area (TPSA) is 27.1 Å². The van der Waals surface area contributed by atoms with E-state index in [4.69, 9.17) is 5.41 Å². The van der Waals surface area contributed by atoms with Crippen molar-refractivity contribution < 1.29 is 0 Å². The Morgan fingerprint density at radius 1 is 0.590 bits per heavy atom. The van der Waals surface area contributed by atoms with Crippen molar-refractivity contribution in [3.8, 4) is 22.3 Å². The van der Waals surface area contributed by atoms with Crippen molar-refractivity contribution >= 4 is 33.3 Å². The van der Waals surface area contributed by atoms with E-state index in [0.29, 0.717) is 0 Å². The maximum Gasteiger partial charge on any atom is 0.0433 e. The van der Waals surface area contributed by atoms with Crippen LogP contribution in [0.25, 0.3) is 49.4 Å². The fraction of sp³-hybridized carbons (Fsp3) is 0.0541. The van der Waals surface area contributed by atoms with Gasteiger partial charge in [0.25, 0.3) is 0 Å². The predicted octanol–water partition coefficient (Wildman–Crippen LogP) is 9.45. The number of fused-ring (bicyclic) bond motifs is 2. The molecule has 6 aromatic rings. The Hall–Kier alpha value is -4.95. The minimum absolute atomic E-state index is 0.723. The highest BCUT2D eigenvalue weighted by atomic mass is 15.1. The minimum atomic E-state index is 0.723. The number of allylic oxidation sites excluding steroid dienone is 1. The van der Waals surface area contributed by atoms with Crippen LogP contribution < -0.4 is 0 Å². The lowest BCUT2D eigenvalue weighted by Gasteiger charge is -2.22. The maximum atomic E-state index is 8.04. The van der Waals surface area contributed by atoms with Crippen LogP contribution in [0.2, 0.25) is 0 Å². The largest absolute Gasteiger partial charge is 0.376 e. The third-order valence-corrected chi connectivity index (χ3v) is 7.33. The maximum absolute atomic E-state index is 8.04. The Morgan fingerprint density at radius 2 is 1.15 bits per heavy atom. The van der Waals surface area contributed by atoms with E-state index in [0.717, 1.165) is 17.7 Å². The van der Waals surface area contributed by atoms with Gasteiger partial charge in [0.2, 0.25) is 0 Å². The lowest BCUT2D eigenvalue weighted by atomic mass is 9.87. The number of nitrogens with one attached hydrogen (secondary N) is 1. The van der Waals surface area contributed by atoms with Crippen LogP contribution in [-0.2, 0) is 6.54 Å². The summed E-state index contributed by atoms with van der Waals surface area (Å²) in [7, 11) is 2.09. The van der Waals surface area contributed by atoms with Gasteiger partial charge in [0.15, 0.2) is 0 Å². The molecule has 0 aliphatic heterocycles. The number of hydrogen-bond donors (Lipinski definition) is 1. The zero-order chi connectivity index (χ0) is 26.6. The summed E-state index contributed by atoms with van der Waals surface area (Å²) in [5.41, 5.74) is 8.14. The van der Waals surface area contributed by atoms with Crippen LogP contribution >= 0.6 is 0 Å². The molecule has 6 rings (SSSR count). The molecule has 2 heteroatoms. The second-order valence-corrected chi connectivity index (χ2v) is 9.90. The molecule has 6 aromatic carbocycles. The van der Waals surface area contributed by atoms with E-state index in [-0.39, 0.29) is 0 Å². The highest BCUT2D eigenvalue weighted by molar-refractivity contribution is 6.16. The molecule has 0 amide bonds. The lowest BCUT2D eigenvalue weighted by molar-refractivity contribution is 0.456. The summed E-state index contributed by atoms with van der Waals surface area (Å²) in [6.45, 7) is 0.723. The molecule has 0 bridgehead atoms. The summed E-state index contributed by atoms with van der Waals surface area (Å²) < 4.78 is 0. The molecule has 0 aromatic heterocycles. The number of rotatable bonds is 7. The van der Waals surface area contributed by atoms with Crippen LogP contribution in [0.5, 0.6) is 0 Å². The molecule has 0 aliphatic rings. The average Bonchev–Trinajstić information content (AvgIpc) is 3.01. The molecule has 0 unspecified atom stereocenters. The fourth-order valence-corrected chi connectivity index (χ4v) is 5.52. The van der Waals surface area contributed by atoms with E-state index in [1.165, 1.54) is 55.6 Å². The van der Waals surface area contributed by atoms with Crippen molar-refractivity contribution in [2.75, 3.05) is 7.05 Å². The van der Waals surface area contributed by atoms with Gasteiger partial charge in [-0.3, -0.25) is 0 Å². The summed E-state index contributed by atoms with van der Waals surface area (Å²) >= 11 is 0. The number of hydrogen-bond acceptors (Lipinski definition) is 2. The normalized spacial score (nSPS) is 11.6. The molecule has 0 radical (unpaired) electrons. The second-order valence-electron chi connectivity index (χ2n) is 9.90. The van der Waals surface area contributed by atoms with Gasteiger partial charge in [-0.05, 0) is 61.0 Å². The van der Waals surface area contributed by atoms with Crippen molar-refractivity contribution in [2.24, 2.45) is 0 Å². The zero-order valence-corrected chi connectivity index (χ0v) is 22.0. The predicted molar refractivity (Wildman–Crippen MR) is 167 cm³/mol. The van der Waals surface area contributed by atoms with Gasteiger partial charge in [0.1, 0.15) is 0 Å². The van der Waals surface area contributed by atoms with E-state index in [2.05, 4.69) is 133 Å². The van der Waals surface area contributed by atoms with Crippen LogP contribution in [0, 0.1) is 5.41 Å². The van der Waals surface area contributed by atoms with E-state index in [1.54, 1.807) is 0 Å². The first-order valence-corrected chi connectivity index (χ1v) is 13.3. The van der Waals surface area contributed by atoms with Gasteiger partial charge >= 0.3 is 0 Å². The lowest BCUT2D eigenvalue weighted by Crippen LogP contribution is -2.12. The molecule has 188 valence electrons. The standard InChI is InChI=1S/C37H30N2/c1-39(25-31(24-38)28-15-7-3-8-16-28)26-36-32-19-11-12-20-34(32)37(29-17-9-4-10-18-29)35-23-30(21-22-33(35)36)27-13-5-2-6-14-27/h2-25,38H,26H2,1H3/b31-25+,38-24?. The summed E-state index contributed by atoms with van der Waals surface area (Å²) in [4.78, 5) is 2.20. The Balaban J connectivity index is 1.57. The van der Waals surface area contributed by atoms with Gasteiger partial charge in [0, 0.05) is 31.6 Å². The first-order chi connectivity index (χ1) is 19.2. The van der Waals surface area contributed by atoms with Crippen molar-refractivity contribution in [3.63, 3.8) is 0 Å². The summed E-state index contributed by atoms with van der Waals surface area (Å²) in [5.74, 6) is 0. The Morgan fingerprint density at radius 3 is 1.82 bits per heavy atom. The van der Waals surface area contributed by atoms with Crippen LogP contribution in [0.15, 0.2) is 140 Å². The summed E-state index contributed by atoms with van der Waals surface area (Å²) in [6, 6.07) is 47.1. The average molecular weight is 503 g/mol. The van der Waals surface area contributed by atoms with E-state index in [1.807, 2.05) is 18.2 Å². The van der Waals surface area contributed by atoms with Crippen molar-refractivity contribution in [1.29, 1.82) is 5.41 Å². The van der Waals surface area contributed by atoms with Crippen molar-refractivity contribution in [3.05, 3.63) is 151 Å². The zero-order valence-electron chi connectivity index (χ0n) is 22.0. The minimum Gasteiger partial charge on any atom is -0.376 e. The van der Waals surface area contributed by atoms with Gasteiger partial charge in [-0.2, -0.15) is 0 Å².